The van der Waals surface area contributed by atoms with Gasteiger partial charge in [0.15, 0.2) is 5.65 Å². The van der Waals surface area contributed by atoms with Gasteiger partial charge in [0, 0.05) is 18.4 Å². The number of nitrogens with one attached hydrogen (secondary N) is 1. The molecule has 1 amide bonds. The first-order valence-electron chi connectivity index (χ1n) is 9.30. The molecule has 7 nitrogen and oxygen atoms in total. The Morgan fingerprint density at radius 3 is 2.57 bits per heavy atom. The molecule has 0 aliphatic rings. The number of benzene rings is 1. The van der Waals surface area contributed by atoms with E-state index in [0.29, 0.717) is 29.1 Å². The van der Waals surface area contributed by atoms with Crippen molar-refractivity contribution in [3.05, 3.63) is 52.8 Å². The Hall–Kier alpha value is -3.22. The lowest BCUT2D eigenvalue weighted by atomic mass is 10.1. The molecular weight excluding hydrogens is 356 g/mol. The fraction of sp³-hybridized carbons (Fsp3) is 0.333. The lowest BCUT2D eigenvalue weighted by molar-refractivity contribution is 0.0499. The van der Waals surface area contributed by atoms with Gasteiger partial charge in [-0.1, -0.05) is 13.3 Å². The average Bonchev–Trinajstić information content (AvgIpc) is 2.95. The van der Waals surface area contributed by atoms with Crippen LogP contribution in [0.3, 0.4) is 0 Å². The third-order valence-corrected chi connectivity index (χ3v) is 4.45. The Morgan fingerprint density at radius 1 is 1.18 bits per heavy atom. The fourth-order valence-electron chi connectivity index (χ4n) is 3.03. The number of esters is 1. The van der Waals surface area contributed by atoms with Crippen LogP contribution in [0.2, 0.25) is 0 Å². The Balaban J connectivity index is 1.79. The Labute approximate surface area is 163 Å². The highest BCUT2D eigenvalue weighted by Gasteiger charge is 2.18. The van der Waals surface area contributed by atoms with Gasteiger partial charge in [-0.3, -0.25) is 9.48 Å². The Kier molecular flexibility index (Phi) is 5.73. The molecule has 0 atom stereocenters. The number of nitrogens with zero attached hydrogens (tertiary/aromatic N) is 3. The van der Waals surface area contributed by atoms with Gasteiger partial charge in [-0.05, 0) is 50.6 Å². The fourth-order valence-corrected chi connectivity index (χ4v) is 3.03. The minimum Gasteiger partial charge on any atom is -0.462 e. The van der Waals surface area contributed by atoms with Crippen molar-refractivity contribution in [1.82, 2.24) is 14.8 Å². The number of hydrogen-bond acceptors (Lipinski definition) is 5. The molecule has 0 saturated carbocycles. The number of unbranched alkanes of at least 4 members (excludes halogenated alkanes) is 1. The largest absolute Gasteiger partial charge is 0.462 e. The number of carbonyl (C=O) groups is 2. The van der Waals surface area contributed by atoms with Crippen LogP contribution in [0.1, 0.15) is 51.9 Å². The van der Waals surface area contributed by atoms with Crippen LogP contribution >= 0.6 is 0 Å². The first-order valence-corrected chi connectivity index (χ1v) is 9.30. The van der Waals surface area contributed by atoms with E-state index in [1.54, 1.807) is 35.0 Å². The van der Waals surface area contributed by atoms with Crippen molar-refractivity contribution in [3.8, 4) is 0 Å². The maximum atomic E-state index is 12.9. The number of pyridine rings is 1. The summed E-state index contributed by atoms with van der Waals surface area (Å²) in [5.74, 6) is -0.603. The molecule has 0 bridgehead atoms. The molecule has 1 N–H and O–H groups in total. The highest BCUT2D eigenvalue weighted by molar-refractivity contribution is 6.12. The lowest BCUT2D eigenvalue weighted by Crippen LogP contribution is -2.14. The highest BCUT2D eigenvalue weighted by atomic mass is 16.5. The third-order valence-electron chi connectivity index (χ3n) is 4.45. The monoisotopic (exact) mass is 380 g/mol. The zero-order valence-corrected chi connectivity index (χ0v) is 16.6. The molecule has 0 fully saturated rings. The molecule has 1 aromatic carbocycles. The Morgan fingerprint density at radius 2 is 1.89 bits per heavy atom. The first kappa shape index (κ1) is 19.5. The molecule has 7 heteroatoms. The predicted molar refractivity (Wildman–Crippen MR) is 108 cm³/mol. The molecule has 0 radical (unpaired) electrons. The molecule has 0 spiro atoms. The number of hydrogen-bond donors (Lipinski definition) is 1. The summed E-state index contributed by atoms with van der Waals surface area (Å²) in [6, 6.07) is 8.43. The van der Waals surface area contributed by atoms with Crippen molar-refractivity contribution in [2.45, 2.75) is 33.6 Å². The Bertz CT molecular complexity index is 1020. The zero-order chi connectivity index (χ0) is 20.3. The van der Waals surface area contributed by atoms with Crippen LogP contribution in [-0.4, -0.2) is 33.2 Å². The van der Waals surface area contributed by atoms with E-state index < -0.39 is 0 Å². The minimum absolute atomic E-state index is 0.245. The van der Waals surface area contributed by atoms with Crippen molar-refractivity contribution in [3.63, 3.8) is 0 Å². The molecular formula is C21H24N4O3. The summed E-state index contributed by atoms with van der Waals surface area (Å²) < 4.78 is 6.87. The summed E-state index contributed by atoms with van der Waals surface area (Å²) in [5.41, 5.74) is 3.74. The second kappa shape index (κ2) is 8.21. The second-order valence-electron chi connectivity index (χ2n) is 6.74. The first-order chi connectivity index (χ1) is 13.4. The van der Waals surface area contributed by atoms with Crippen molar-refractivity contribution in [1.29, 1.82) is 0 Å². The summed E-state index contributed by atoms with van der Waals surface area (Å²) >= 11 is 0. The molecule has 3 aromatic rings. The number of fused-ring (bicyclic) bond motifs is 1. The average molecular weight is 380 g/mol. The van der Waals surface area contributed by atoms with Crippen LogP contribution in [0.4, 0.5) is 5.69 Å². The molecule has 2 aromatic heterocycles. The number of anilines is 1. The minimum atomic E-state index is -0.358. The van der Waals surface area contributed by atoms with Crippen LogP contribution in [-0.2, 0) is 11.8 Å². The van der Waals surface area contributed by atoms with Crippen LogP contribution in [0.5, 0.6) is 0 Å². The van der Waals surface area contributed by atoms with Crippen LogP contribution in [0.25, 0.3) is 11.0 Å². The number of amides is 1. The number of rotatable bonds is 6. The molecule has 0 aliphatic heterocycles. The third kappa shape index (κ3) is 4.03. The molecule has 2 heterocycles. The van der Waals surface area contributed by atoms with E-state index in [-0.39, 0.29) is 11.9 Å². The maximum absolute atomic E-state index is 12.9. The molecule has 28 heavy (non-hydrogen) atoms. The number of carbonyl (C=O) groups excluding carboxylic acids is 2. The molecule has 0 unspecified atom stereocenters. The van der Waals surface area contributed by atoms with E-state index in [0.717, 1.165) is 29.6 Å². The van der Waals surface area contributed by atoms with E-state index in [9.17, 15) is 9.59 Å². The lowest BCUT2D eigenvalue weighted by Gasteiger charge is -2.09. The predicted octanol–water partition coefficient (Wildman–Crippen LogP) is 3.79. The smallest absolute Gasteiger partial charge is 0.338 e. The summed E-state index contributed by atoms with van der Waals surface area (Å²) in [6.45, 7) is 6.15. The van der Waals surface area contributed by atoms with Gasteiger partial charge in [0.1, 0.15) is 0 Å². The van der Waals surface area contributed by atoms with Crippen molar-refractivity contribution >= 4 is 28.6 Å². The number of aryl methyl sites for hydroxylation is 3. The summed E-state index contributed by atoms with van der Waals surface area (Å²) in [4.78, 5) is 29.3. The van der Waals surface area contributed by atoms with Crippen molar-refractivity contribution in [2.24, 2.45) is 7.05 Å². The van der Waals surface area contributed by atoms with Gasteiger partial charge in [0.25, 0.3) is 5.91 Å². The molecule has 0 saturated heterocycles. The van der Waals surface area contributed by atoms with E-state index in [2.05, 4.69) is 15.4 Å². The van der Waals surface area contributed by atoms with Gasteiger partial charge in [0.2, 0.25) is 0 Å². The molecule has 0 aliphatic carbocycles. The standard InChI is InChI=1S/C21H24N4O3/c1-5-6-11-28-21(27)15-7-9-16(10-8-15)23-20(26)17-12-13(2)22-19-18(17)14(3)24-25(19)4/h7-10,12H,5-6,11H2,1-4H3,(H,23,26). The maximum Gasteiger partial charge on any atom is 0.338 e. The van der Waals surface area contributed by atoms with Crippen molar-refractivity contribution in [2.75, 3.05) is 11.9 Å². The van der Waals surface area contributed by atoms with Gasteiger partial charge < -0.3 is 10.1 Å². The topological polar surface area (TPSA) is 86.1 Å². The summed E-state index contributed by atoms with van der Waals surface area (Å²) in [7, 11) is 1.81. The second-order valence-corrected chi connectivity index (χ2v) is 6.74. The van der Waals surface area contributed by atoms with Crippen LogP contribution < -0.4 is 5.32 Å². The summed E-state index contributed by atoms with van der Waals surface area (Å²) in [5, 5.41) is 7.98. The zero-order valence-electron chi connectivity index (χ0n) is 16.6. The molecule has 146 valence electrons. The number of ether oxygens (including phenoxy) is 1. The van der Waals surface area contributed by atoms with E-state index in [4.69, 9.17) is 4.74 Å². The van der Waals surface area contributed by atoms with Crippen LogP contribution in [0.15, 0.2) is 30.3 Å². The van der Waals surface area contributed by atoms with Gasteiger partial charge in [-0.15, -0.1) is 0 Å². The van der Waals surface area contributed by atoms with Gasteiger partial charge in [0.05, 0.1) is 28.8 Å². The summed E-state index contributed by atoms with van der Waals surface area (Å²) in [6.07, 6.45) is 1.81. The van der Waals surface area contributed by atoms with E-state index in [1.807, 2.05) is 27.8 Å². The molecule has 3 rings (SSSR count). The van der Waals surface area contributed by atoms with Crippen LogP contribution in [0, 0.1) is 13.8 Å². The van der Waals surface area contributed by atoms with Gasteiger partial charge in [-0.2, -0.15) is 5.10 Å². The normalized spacial score (nSPS) is 10.9. The SMILES string of the molecule is CCCCOC(=O)c1ccc(NC(=O)c2cc(C)nc3c2c(C)nn3C)cc1. The quantitative estimate of drug-likeness (QED) is 0.519. The number of aromatic nitrogens is 3. The van der Waals surface area contributed by atoms with Crippen molar-refractivity contribution < 1.29 is 14.3 Å². The van der Waals surface area contributed by atoms with Gasteiger partial charge in [-0.25, -0.2) is 9.78 Å². The van der Waals surface area contributed by atoms with Gasteiger partial charge >= 0.3 is 5.97 Å². The van der Waals surface area contributed by atoms with E-state index >= 15 is 0 Å². The highest BCUT2D eigenvalue weighted by Crippen LogP contribution is 2.23. The van der Waals surface area contributed by atoms with E-state index in [1.165, 1.54) is 0 Å².